The number of carbonyl (C=O) groups excluding carboxylic acids is 1. The van der Waals surface area contributed by atoms with Crippen LogP contribution in [0.1, 0.15) is 45.1 Å². The average Bonchev–Trinajstić information content (AvgIpc) is 2.88. The van der Waals surface area contributed by atoms with Crippen LogP contribution >= 0.6 is 0 Å². The molecule has 1 unspecified atom stereocenters. The third kappa shape index (κ3) is 7.24. The van der Waals surface area contributed by atoms with Crippen molar-refractivity contribution in [2.75, 3.05) is 28.7 Å². The van der Waals surface area contributed by atoms with E-state index < -0.39 is 22.2 Å². The van der Waals surface area contributed by atoms with E-state index in [2.05, 4.69) is 20.3 Å². The molecule has 1 heterocycles. The molecule has 0 spiro atoms. The fourth-order valence-corrected chi connectivity index (χ4v) is 4.79. The zero-order chi connectivity index (χ0) is 29.9. The highest BCUT2D eigenvalue weighted by Crippen LogP contribution is 2.40. The molecule has 0 radical (unpaired) electrons. The molecule has 1 atom stereocenters. The highest BCUT2D eigenvalue weighted by molar-refractivity contribution is 7.92. The molecule has 4 rings (SSSR count). The molecular weight excluding hydrogens is 544 g/mol. The van der Waals surface area contributed by atoms with Gasteiger partial charge in [-0.05, 0) is 48.2 Å². The number of aromatic nitrogens is 1. The Bertz CT molecular complexity index is 1700. The maximum Gasteiger partial charge on any atom is 0.323 e. The second-order valence-corrected chi connectivity index (χ2v) is 12.4. The Balaban J connectivity index is 1.65. The van der Waals surface area contributed by atoms with E-state index in [4.69, 9.17) is 9.47 Å². The van der Waals surface area contributed by atoms with Crippen molar-refractivity contribution in [1.29, 1.82) is 0 Å². The van der Waals surface area contributed by atoms with Crippen LogP contribution in [0.3, 0.4) is 0 Å². The summed E-state index contributed by atoms with van der Waals surface area (Å²) >= 11 is 0. The molecule has 3 aromatic carbocycles. The fourth-order valence-electron chi connectivity index (χ4n) is 4.24. The lowest BCUT2D eigenvalue weighted by molar-refractivity contribution is 0.194. The maximum atomic E-state index is 13.3. The summed E-state index contributed by atoms with van der Waals surface area (Å²) in [5.74, 6) is 1.26. The van der Waals surface area contributed by atoms with Crippen LogP contribution in [0.25, 0.3) is 10.8 Å². The van der Waals surface area contributed by atoms with Gasteiger partial charge in [-0.2, -0.15) is 0 Å². The number of urea groups is 1. The van der Waals surface area contributed by atoms with Gasteiger partial charge in [0, 0.05) is 23.0 Å². The van der Waals surface area contributed by atoms with E-state index in [1.165, 1.54) is 7.11 Å². The van der Waals surface area contributed by atoms with Crippen molar-refractivity contribution in [3.8, 4) is 17.2 Å². The Kier molecular flexibility index (Phi) is 8.41. The van der Waals surface area contributed by atoms with Gasteiger partial charge in [-0.3, -0.25) is 9.71 Å². The van der Waals surface area contributed by atoms with Gasteiger partial charge < -0.3 is 25.2 Å². The zero-order valence-corrected chi connectivity index (χ0v) is 24.6. The standard InChI is InChI=1S/C30H34N4O6S/c1-18(35)24-17-20(13-14-31-24)40-27-12-11-23(21-9-7-8-10-22(21)27)32-29(36)33-25-15-19(30(2,3)4)16-26(28(25)39-5)34-41(6,37)38/h7-18,34-35H,1-6H3,(H2,32,33,36). The molecule has 0 aliphatic carbocycles. The Morgan fingerprint density at radius 2 is 1.61 bits per heavy atom. The van der Waals surface area contributed by atoms with Crippen molar-refractivity contribution in [1.82, 2.24) is 4.98 Å². The van der Waals surface area contributed by atoms with E-state index in [1.807, 2.05) is 45.0 Å². The Morgan fingerprint density at radius 3 is 2.24 bits per heavy atom. The molecule has 0 bridgehead atoms. The first-order valence-corrected chi connectivity index (χ1v) is 14.8. The van der Waals surface area contributed by atoms with Gasteiger partial charge in [-0.1, -0.05) is 45.0 Å². The molecule has 11 heteroatoms. The number of nitrogens with zero attached hydrogens (tertiary/aromatic N) is 1. The fraction of sp³-hybridized carbons (Fsp3) is 0.267. The van der Waals surface area contributed by atoms with Gasteiger partial charge in [0.2, 0.25) is 10.0 Å². The minimum Gasteiger partial charge on any atom is -0.492 e. The predicted molar refractivity (Wildman–Crippen MR) is 162 cm³/mol. The van der Waals surface area contributed by atoms with Crippen LogP contribution in [-0.4, -0.2) is 37.9 Å². The Labute approximate surface area is 239 Å². The van der Waals surface area contributed by atoms with Crippen molar-refractivity contribution in [3.05, 3.63) is 78.1 Å². The number of rotatable bonds is 8. The van der Waals surface area contributed by atoms with Crippen LogP contribution in [0.15, 0.2) is 66.9 Å². The number of ether oxygens (including phenoxy) is 2. The van der Waals surface area contributed by atoms with Crippen molar-refractivity contribution in [2.24, 2.45) is 0 Å². The summed E-state index contributed by atoms with van der Waals surface area (Å²) in [5, 5.41) is 17.1. The minimum absolute atomic E-state index is 0.182. The molecule has 216 valence electrons. The SMILES string of the molecule is COc1c(NC(=O)Nc2ccc(Oc3ccnc(C(C)O)c3)c3ccccc23)cc(C(C)(C)C)cc1NS(C)(=O)=O. The summed E-state index contributed by atoms with van der Waals surface area (Å²) in [6, 6.07) is 17.2. The first-order chi connectivity index (χ1) is 19.2. The monoisotopic (exact) mass is 578 g/mol. The molecule has 0 saturated carbocycles. The number of nitrogens with one attached hydrogen (secondary N) is 3. The maximum absolute atomic E-state index is 13.3. The predicted octanol–water partition coefficient (Wildman–Crippen LogP) is 6.40. The molecule has 4 aromatic rings. The molecule has 0 fully saturated rings. The number of pyridine rings is 1. The van der Waals surface area contributed by atoms with Crippen molar-refractivity contribution in [2.45, 2.75) is 39.2 Å². The lowest BCUT2D eigenvalue weighted by atomic mass is 9.86. The lowest BCUT2D eigenvalue weighted by Crippen LogP contribution is -2.22. The van der Waals surface area contributed by atoms with Gasteiger partial charge in [0.05, 0.1) is 42.2 Å². The Hall–Kier alpha value is -4.35. The summed E-state index contributed by atoms with van der Waals surface area (Å²) in [7, 11) is -2.21. The number of fused-ring (bicyclic) bond motifs is 1. The average molecular weight is 579 g/mol. The van der Waals surface area contributed by atoms with Crippen LogP contribution in [0.4, 0.5) is 21.9 Å². The molecule has 2 amide bonds. The molecule has 1 aromatic heterocycles. The van der Waals surface area contributed by atoms with Gasteiger partial charge in [-0.15, -0.1) is 0 Å². The van der Waals surface area contributed by atoms with Crippen LogP contribution in [0, 0.1) is 0 Å². The van der Waals surface area contributed by atoms with E-state index >= 15 is 0 Å². The number of hydrogen-bond donors (Lipinski definition) is 4. The van der Waals surface area contributed by atoms with Crippen molar-refractivity contribution < 1.29 is 27.8 Å². The topological polar surface area (TPSA) is 139 Å². The number of hydrogen-bond acceptors (Lipinski definition) is 7. The minimum atomic E-state index is -3.61. The lowest BCUT2D eigenvalue weighted by Gasteiger charge is -2.24. The van der Waals surface area contributed by atoms with Crippen LogP contribution in [0.5, 0.6) is 17.2 Å². The largest absolute Gasteiger partial charge is 0.492 e. The number of anilines is 3. The third-order valence-electron chi connectivity index (χ3n) is 6.24. The van der Waals surface area contributed by atoms with Gasteiger partial charge in [0.25, 0.3) is 0 Å². The summed E-state index contributed by atoms with van der Waals surface area (Å²) in [6.45, 7) is 7.58. The van der Waals surface area contributed by atoms with E-state index in [1.54, 1.807) is 49.5 Å². The van der Waals surface area contributed by atoms with Gasteiger partial charge in [0.15, 0.2) is 5.75 Å². The number of benzene rings is 3. The van der Waals surface area contributed by atoms with Gasteiger partial charge in [-0.25, -0.2) is 13.2 Å². The van der Waals surface area contributed by atoms with Crippen molar-refractivity contribution in [3.63, 3.8) is 0 Å². The molecule has 4 N–H and O–H groups in total. The van der Waals surface area contributed by atoms with Crippen molar-refractivity contribution >= 4 is 43.9 Å². The highest BCUT2D eigenvalue weighted by Gasteiger charge is 2.22. The first-order valence-electron chi connectivity index (χ1n) is 12.9. The van der Waals surface area contributed by atoms with E-state index in [0.717, 1.165) is 22.6 Å². The second-order valence-electron chi connectivity index (χ2n) is 10.7. The highest BCUT2D eigenvalue weighted by atomic mass is 32.2. The quantitative estimate of drug-likeness (QED) is 0.190. The third-order valence-corrected chi connectivity index (χ3v) is 6.83. The van der Waals surface area contributed by atoms with Crippen LogP contribution < -0.4 is 24.8 Å². The smallest absolute Gasteiger partial charge is 0.323 e. The number of methoxy groups -OCH3 is 1. The molecule has 0 aliphatic rings. The molecule has 41 heavy (non-hydrogen) atoms. The number of sulfonamides is 1. The summed E-state index contributed by atoms with van der Waals surface area (Å²) in [6.07, 6.45) is 1.89. The number of aliphatic hydroxyl groups is 1. The molecule has 0 aliphatic heterocycles. The molecule has 0 saturated heterocycles. The summed E-state index contributed by atoms with van der Waals surface area (Å²) in [4.78, 5) is 17.4. The summed E-state index contributed by atoms with van der Waals surface area (Å²) < 4.78 is 38.1. The van der Waals surface area contributed by atoms with Crippen LogP contribution in [-0.2, 0) is 15.4 Å². The second kappa shape index (κ2) is 11.6. The number of carbonyl (C=O) groups is 1. The summed E-state index contributed by atoms with van der Waals surface area (Å²) in [5.41, 5.74) is 2.00. The Morgan fingerprint density at radius 1 is 0.951 bits per heavy atom. The van der Waals surface area contributed by atoms with Gasteiger partial charge >= 0.3 is 6.03 Å². The van der Waals surface area contributed by atoms with Crippen LogP contribution in [0.2, 0.25) is 0 Å². The van der Waals surface area contributed by atoms with E-state index in [9.17, 15) is 18.3 Å². The van der Waals surface area contributed by atoms with E-state index in [-0.39, 0.29) is 16.9 Å². The van der Waals surface area contributed by atoms with E-state index in [0.29, 0.717) is 28.6 Å². The number of amides is 2. The van der Waals surface area contributed by atoms with Gasteiger partial charge in [0.1, 0.15) is 11.5 Å². The zero-order valence-electron chi connectivity index (χ0n) is 23.8. The number of aliphatic hydroxyl groups excluding tert-OH is 1. The first kappa shape index (κ1) is 29.6. The molecule has 10 nitrogen and oxygen atoms in total. The molecular formula is C30H34N4O6S. The normalized spacial score (nSPS) is 12.5.